The van der Waals surface area contributed by atoms with E-state index in [1.54, 1.807) is 19.9 Å². The summed E-state index contributed by atoms with van der Waals surface area (Å²) >= 11 is 5.56. The number of likely N-dealkylation sites (tertiary alicyclic amines) is 1. The van der Waals surface area contributed by atoms with Crippen molar-refractivity contribution in [2.75, 3.05) is 6.54 Å². The van der Waals surface area contributed by atoms with E-state index in [2.05, 4.69) is 0 Å². The van der Waals surface area contributed by atoms with Crippen LogP contribution in [0.1, 0.15) is 20.3 Å². The minimum atomic E-state index is -0.822. The van der Waals surface area contributed by atoms with Crippen LogP contribution in [0.15, 0.2) is 0 Å². The Morgan fingerprint density at radius 2 is 2.21 bits per heavy atom. The molecule has 0 bridgehead atoms. The molecule has 1 aliphatic rings. The van der Waals surface area contributed by atoms with Crippen LogP contribution >= 0.6 is 11.6 Å². The van der Waals surface area contributed by atoms with Crippen LogP contribution in [-0.4, -0.2) is 28.6 Å². The smallest absolute Gasteiger partial charge is 0.235 e. The van der Waals surface area contributed by atoms with Crippen molar-refractivity contribution in [1.82, 2.24) is 4.90 Å². The van der Waals surface area contributed by atoms with Crippen molar-refractivity contribution in [3.05, 3.63) is 0 Å². The van der Waals surface area contributed by atoms with Crippen molar-refractivity contribution in [3.63, 3.8) is 0 Å². The standard InChI is InChI=1S/C9H11ClN2O2/c1-9(2)3-7(13)12(8(9)14)5-6(10)4-11/h6H,3,5H2,1-2H3. The number of imide groups is 1. The number of alkyl halides is 1. The van der Waals surface area contributed by atoms with E-state index < -0.39 is 10.8 Å². The number of halogens is 1. The fraction of sp³-hybridized carbons (Fsp3) is 0.667. The molecule has 0 aromatic rings. The average Bonchev–Trinajstić information content (AvgIpc) is 2.28. The zero-order valence-corrected chi connectivity index (χ0v) is 8.84. The molecule has 1 fully saturated rings. The topological polar surface area (TPSA) is 61.2 Å². The number of hydrogen-bond acceptors (Lipinski definition) is 3. The van der Waals surface area contributed by atoms with Crippen LogP contribution in [0.4, 0.5) is 0 Å². The Morgan fingerprint density at radius 1 is 1.64 bits per heavy atom. The summed E-state index contributed by atoms with van der Waals surface area (Å²) in [5.74, 6) is -0.496. The third-order valence-electron chi connectivity index (χ3n) is 2.20. The number of nitriles is 1. The van der Waals surface area contributed by atoms with Crippen molar-refractivity contribution in [3.8, 4) is 6.07 Å². The number of hydrogen-bond donors (Lipinski definition) is 0. The maximum atomic E-state index is 11.6. The second-order valence-corrected chi connectivity index (χ2v) is 4.49. The minimum Gasteiger partial charge on any atom is -0.280 e. The van der Waals surface area contributed by atoms with Gasteiger partial charge in [-0.15, -0.1) is 11.6 Å². The van der Waals surface area contributed by atoms with Gasteiger partial charge in [-0.3, -0.25) is 14.5 Å². The molecule has 1 saturated heterocycles. The molecule has 5 heteroatoms. The van der Waals surface area contributed by atoms with Crippen LogP contribution < -0.4 is 0 Å². The first-order valence-electron chi connectivity index (χ1n) is 4.27. The molecule has 0 aromatic carbocycles. The van der Waals surface area contributed by atoms with Gasteiger partial charge in [-0.05, 0) is 0 Å². The second-order valence-electron chi connectivity index (χ2n) is 3.97. The largest absolute Gasteiger partial charge is 0.280 e. The molecule has 0 saturated carbocycles. The Bertz CT molecular complexity index is 319. The van der Waals surface area contributed by atoms with Crippen molar-refractivity contribution in [2.24, 2.45) is 5.41 Å². The monoisotopic (exact) mass is 214 g/mol. The Labute approximate surface area is 87.4 Å². The second kappa shape index (κ2) is 3.58. The van der Waals surface area contributed by atoms with Crippen LogP contribution in [0.5, 0.6) is 0 Å². The summed E-state index contributed by atoms with van der Waals surface area (Å²) in [6.07, 6.45) is 0.195. The first kappa shape index (κ1) is 11.0. The van der Waals surface area contributed by atoms with Gasteiger partial charge >= 0.3 is 0 Å². The van der Waals surface area contributed by atoms with E-state index in [4.69, 9.17) is 16.9 Å². The Morgan fingerprint density at radius 3 is 2.57 bits per heavy atom. The average molecular weight is 215 g/mol. The molecule has 0 N–H and O–H groups in total. The fourth-order valence-electron chi connectivity index (χ4n) is 1.41. The van der Waals surface area contributed by atoms with E-state index in [0.29, 0.717) is 0 Å². The molecule has 0 aliphatic carbocycles. The molecule has 0 aromatic heterocycles. The summed E-state index contributed by atoms with van der Waals surface area (Å²) in [6.45, 7) is 3.41. The number of carbonyl (C=O) groups is 2. The Kier molecular flexibility index (Phi) is 2.81. The number of rotatable bonds is 2. The molecule has 1 atom stereocenters. The Hall–Kier alpha value is -1.08. The lowest BCUT2D eigenvalue weighted by Crippen LogP contribution is -2.37. The molecule has 4 nitrogen and oxygen atoms in total. The van der Waals surface area contributed by atoms with Crippen LogP contribution in [0.2, 0.25) is 0 Å². The maximum absolute atomic E-state index is 11.6. The van der Waals surface area contributed by atoms with E-state index in [1.165, 1.54) is 0 Å². The summed E-state index contributed by atoms with van der Waals surface area (Å²) in [7, 11) is 0. The number of carbonyl (C=O) groups excluding carboxylic acids is 2. The van der Waals surface area contributed by atoms with Gasteiger partial charge in [-0.2, -0.15) is 5.26 Å². The summed E-state index contributed by atoms with van der Waals surface area (Å²) < 4.78 is 0. The summed E-state index contributed by atoms with van der Waals surface area (Å²) in [4.78, 5) is 24.1. The van der Waals surface area contributed by atoms with Crippen molar-refractivity contribution in [1.29, 1.82) is 5.26 Å². The quantitative estimate of drug-likeness (QED) is 0.507. The lowest BCUT2D eigenvalue weighted by atomic mass is 9.92. The molecule has 0 radical (unpaired) electrons. The molecule has 1 unspecified atom stereocenters. The van der Waals surface area contributed by atoms with E-state index in [1.807, 2.05) is 0 Å². The predicted molar refractivity (Wildman–Crippen MR) is 50.4 cm³/mol. The minimum absolute atomic E-state index is 0.0147. The van der Waals surface area contributed by atoms with Gasteiger partial charge in [-0.25, -0.2) is 0 Å². The molecule has 2 amide bonds. The third kappa shape index (κ3) is 1.88. The highest BCUT2D eigenvalue weighted by Gasteiger charge is 2.45. The molecule has 76 valence electrons. The van der Waals surface area contributed by atoms with Crippen molar-refractivity contribution < 1.29 is 9.59 Å². The van der Waals surface area contributed by atoms with Gasteiger partial charge in [0.1, 0.15) is 5.38 Å². The van der Waals surface area contributed by atoms with Gasteiger partial charge in [0.15, 0.2) is 0 Å². The van der Waals surface area contributed by atoms with Crippen LogP contribution in [0.25, 0.3) is 0 Å². The van der Waals surface area contributed by atoms with Gasteiger partial charge in [0.05, 0.1) is 18.0 Å². The lowest BCUT2D eigenvalue weighted by Gasteiger charge is -2.17. The molecule has 1 heterocycles. The maximum Gasteiger partial charge on any atom is 0.235 e. The lowest BCUT2D eigenvalue weighted by molar-refractivity contribution is -0.140. The van der Waals surface area contributed by atoms with Crippen molar-refractivity contribution >= 4 is 23.4 Å². The molecule has 0 spiro atoms. The SMILES string of the molecule is CC1(C)CC(=O)N(CC(Cl)C#N)C1=O. The highest BCUT2D eigenvalue weighted by molar-refractivity contribution is 6.23. The molecule has 14 heavy (non-hydrogen) atoms. The van der Waals surface area contributed by atoms with E-state index in [0.717, 1.165) is 4.90 Å². The predicted octanol–water partition coefficient (Wildman–Crippen LogP) is 0.902. The first-order valence-corrected chi connectivity index (χ1v) is 4.70. The van der Waals surface area contributed by atoms with Gasteiger partial charge in [-0.1, -0.05) is 13.8 Å². The molecular weight excluding hydrogens is 204 g/mol. The third-order valence-corrected chi connectivity index (χ3v) is 2.44. The van der Waals surface area contributed by atoms with Gasteiger partial charge < -0.3 is 0 Å². The fourth-order valence-corrected chi connectivity index (χ4v) is 1.55. The molecular formula is C9H11ClN2O2. The van der Waals surface area contributed by atoms with Gasteiger partial charge in [0, 0.05) is 6.42 Å². The highest BCUT2D eigenvalue weighted by Crippen LogP contribution is 2.31. The summed E-state index contributed by atoms with van der Waals surface area (Å²) in [6, 6.07) is 1.78. The molecule has 1 aliphatic heterocycles. The summed E-state index contributed by atoms with van der Waals surface area (Å²) in [5.41, 5.74) is -0.650. The number of amides is 2. The van der Waals surface area contributed by atoms with E-state index >= 15 is 0 Å². The van der Waals surface area contributed by atoms with E-state index in [-0.39, 0.29) is 24.8 Å². The summed E-state index contributed by atoms with van der Waals surface area (Å²) in [5, 5.41) is 7.64. The Balaban J connectivity index is 2.77. The number of nitrogens with zero attached hydrogens (tertiary/aromatic N) is 2. The van der Waals surface area contributed by atoms with Crippen molar-refractivity contribution in [2.45, 2.75) is 25.6 Å². The zero-order valence-electron chi connectivity index (χ0n) is 8.08. The first-order chi connectivity index (χ1) is 6.38. The van der Waals surface area contributed by atoms with Gasteiger partial charge in [0.25, 0.3) is 0 Å². The molecule has 1 rings (SSSR count). The highest BCUT2D eigenvalue weighted by atomic mass is 35.5. The van der Waals surface area contributed by atoms with Crippen LogP contribution in [0, 0.1) is 16.7 Å². The van der Waals surface area contributed by atoms with Crippen LogP contribution in [0.3, 0.4) is 0 Å². The van der Waals surface area contributed by atoms with E-state index in [9.17, 15) is 9.59 Å². The normalized spacial score (nSPS) is 22.3. The van der Waals surface area contributed by atoms with Gasteiger partial charge in [0.2, 0.25) is 11.8 Å². The zero-order chi connectivity index (χ0) is 10.9. The van der Waals surface area contributed by atoms with Crippen LogP contribution in [-0.2, 0) is 9.59 Å².